The third kappa shape index (κ3) is 5.13. The van der Waals surface area contributed by atoms with Crippen molar-refractivity contribution in [1.82, 2.24) is 5.32 Å². The van der Waals surface area contributed by atoms with Gasteiger partial charge in [-0.1, -0.05) is 24.3 Å². The predicted octanol–water partition coefficient (Wildman–Crippen LogP) is 3.65. The largest absolute Gasteiger partial charge is 0.494 e. The Morgan fingerprint density at radius 1 is 1.29 bits per heavy atom. The minimum absolute atomic E-state index is 0. The third-order valence-electron chi connectivity index (χ3n) is 3.73. The van der Waals surface area contributed by atoms with Crippen LogP contribution >= 0.6 is 12.4 Å². The zero-order chi connectivity index (χ0) is 16.8. The Hall–Kier alpha value is -2.27. The lowest BCUT2D eigenvalue weighted by Gasteiger charge is -2.15. The number of para-hydroxylation sites is 1. The summed E-state index contributed by atoms with van der Waals surface area (Å²) in [6, 6.07) is 11.9. The molecule has 24 heavy (non-hydrogen) atoms. The predicted molar refractivity (Wildman–Crippen MR) is 95.9 cm³/mol. The molecule has 130 valence electrons. The van der Waals surface area contributed by atoms with Crippen LogP contribution in [0.15, 0.2) is 42.5 Å². The first-order valence-corrected chi connectivity index (χ1v) is 7.47. The molecule has 0 aliphatic carbocycles. The average molecular weight is 353 g/mol. The zero-order valence-electron chi connectivity index (χ0n) is 13.7. The summed E-state index contributed by atoms with van der Waals surface area (Å²) in [6.45, 7) is 1.82. The van der Waals surface area contributed by atoms with E-state index in [4.69, 9.17) is 10.5 Å². The first-order valence-electron chi connectivity index (χ1n) is 7.47. The van der Waals surface area contributed by atoms with E-state index in [9.17, 15) is 9.18 Å². The van der Waals surface area contributed by atoms with Gasteiger partial charge in [0.2, 0.25) is 5.91 Å². The monoisotopic (exact) mass is 352 g/mol. The maximum absolute atomic E-state index is 13.7. The number of carbonyl (C=O) groups excluding carboxylic acids is 1. The van der Waals surface area contributed by atoms with Crippen LogP contribution < -0.4 is 15.8 Å². The Morgan fingerprint density at radius 3 is 2.62 bits per heavy atom. The maximum atomic E-state index is 13.7. The molecule has 0 bridgehead atoms. The molecule has 0 aromatic heterocycles. The molecular formula is C18H22ClFN2O2. The van der Waals surface area contributed by atoms with Gasteiger partial charge in [0.25, 0.3) is 0 Å². The fourth-order valence-corrected chi connectivity index (χ4v) is 2.36. The van der Waals surface area contributed by atoms with Crippen molar-refractivity contribution < 1.29 is 13.9 Å². The second-order valence-electron chi connectivity index (χ2n) is 5.38. The van der Waals surface area contributed by atoms with Gasteiger partial charge in [0, 0.05) is 12.1 Å². The van der Waals surface area contributed by atoms with Gasteiger partial charge in [-0.05, 0) is 42.7 Å². The number of hydrogen-bond donors (Lipinski definition) is 2. The van der Waals surface area contributed by atoms with Crippen LogP contribution in [-0.2, 0) is 11.2 Å². The highest BCUT2D eigenvalue weighted by atomic mass is 35.5. The summed E-state index contributed by atoms with van der Waals surface area (Å²) in [5, 5.41) is 2.86. The van der Waals surface area contributed by atoms with E-state index < -0.39 is 5.82 Å². The number of methoxy groups -OCH3 is 1. The molecule has 2 rings (SSSR count). The van der Waals surface area contributed by atoms with Crippen molar-refractivity contribution in [3.8, 4) is 5.75 Å². The molecule has 6 heteroatoms. The van der Waals surface area contributed by atoms with Gasteiger partial charge in [0.05, 0.1) is 13.2 Å². The number of carbonyl (C=O) groups is 1. The van der Waals surface area contributed by atoms with E-state index >= 15 is 0 Å². The molecule has 0 heterocycles. The number of rotatable bonds is 6. The number of nitrogens with one attached hydrogen (secondary N) is 1. The summed E-state index contributed by atoms with van der Waals surface area (Å²) in [7, 11) is 1.42. The highest BCUT2D eigenvalue weighted by Gasteiger charge is 2.12. The SMILES string of the molecule is COc1ccc(C(C)NC(=O)CCc2ccccc2N)cc1F.Cl. The van der Waals surface area contributed by atoms with Gasteiger partial charge in [-0.2, -0.15) is 0 Å². The van der Waals surface area contributed by atoms with Crippen molar-refractivity contribution in [2.24, 2.45) is 0 Å². The van der Waals surface area contributed by atoms with Crippen LogP contribution in [0.4, 0.5) is 10.1 Å². The highest BCUT2D eigenvalue weighted by molar-refractivity contribution is 5.85. The number of hydrogen-bond acceptors (Lipinski definition) is 3. The summed E-state index contributed by atoms with van der Waals surface area (Å²) in [5.74, 6) is -0.355. The van der Waals surface area contributed by atoms with E-state index in [1.54, 1.807) is 12.1 Å². The standard InChI is InChI=1S/C18H21FN2O2.ClH/c1-12(14-7-9-17(23-2)15(19)11-14)21-18(22)10-8-13-5-3-4-6-16(13)20;/h3-7,9,11-12H,8,10,20H2,1-2H3,(H,21,22);1H. The first-order chi connectivity index (χ1) is 11.0. The third-order valence-corrected chi connectivity index (χ3v) is 3.73. The average Bonchev–Trinajstić information content (AvgIpc) is 2.54. The van der Waals surface area contributed by atoms with Crippen LogP contribution in [0.5, 0.6) is 5.75 Å². The summed E-state index contributed by atoms with van der Waals surface area (Å²) < 4.78 is 18.6. The molecule has 1 unspecified atom stereocenters. The van der Waals surface area contributed by atoms with E-state index in [-0.39, 0.29) is 30.1 Å². The van der Waals surface area contributed by atoms with E-state index in [0.717, 1.165) is 5.56 Å². The molecule has 0 fully saturated rings. The molecule has 0 aliphatic heterocycles. The number of benzene rings is 2. The Balaban J connectivity index is 0.00000288. The minimum atomic E-state index is -0.442. The molecule has 1 atom stereocenters. The second kappa shape index (κ2) is 9.13. The first kappa shape index (κ1) is 19.8. The summed E-state index contributed by atoms with van der Waals surface area (Å²) in [4.78, 5) is 12.0. The van der Waals surface area contributed by atoms with E-state index in [2.05, 4.69) is 5.32 Å². The normalized spacial score (nSPS) is 11.3. The topological polar surface area (TPSA) is 64.3 Å². The van der Waals surface area contributed by atoms with E-state index in [1.165, 1.54) is 13.2 Å². The van der Waals surface area contributed by atoms with Crippen molar-refractivity contribution in [2.45, 2.75) is 25.8 Å². The van der Waals surface area contributed by atoms with Crippen LogP contribution in [0.1, 0.15) is 30.5 Å². The summed E-state index contributed by atoms with van der Waals surface area (Å²) >= 11 is 0. The molecule has 2 aromatic carbocycles. The van der Waals surface area contributed by atoms with Crippen LogP contribution in [0.2, 0.25) is 0 Å². The number of amides is 1. The molecule has 0 saturated carbocycles. The minimum Gasteiger partial charge on any atom is -0.494 e. The van der Waals surface area contributed by atoms with Gasteiger partial charge in [-0.25, -0.2) is 4.39 Å². The Morgan fingerprint density at radius 2 is 2.00 bits per heavy atom. The molecular weight excluding hydrogens is 331 g/mol. The highest BCUT2D eigenvalue weighted by Crippen LogP contribution is 2.22. The van der Waals surface area contributed by atoms with Crippen LogP contribution in [-0.4, -0.2) is 13.0 Å². The van der Waals surface area contributed by atoms with Gasteiger partial charge in [-0.3, -0.25) is 4.79 Å². The number of aryl methyl sites for hydroxylation is 1. The quantitative estimate of drug-likeness (QED) is 0.780. The number of nitrogens with two attached hydrogens (primary N) is 1. The lowest BCUT2D eigenvalue weighted by molar-refractivity contribution is -0.121. The lowest BCUT2D eigenvalue weighted by atomic mass is 10.1. The van der Waals surface area contributed by atoms with Gasteiger partial charge < -0.3 is 15.8 Å². The van der Waals surface area contributed by atoms with Crippen LogP contribution in [0.25, 0.3) is 0 Å². The molecule has 0 spiro atoms. The lowest BCUT2D eigenvalue weighted by Crippen LogP contribution is -2.27. The fourth-order valence-electron chi connectivity index (χ4n) is 2.36. The van der Waals surface area contributed by atoms with Gasteiger partial charge >= 0.3 is 0 Å². The number of ether oxygens (including phenoxy) is 1. The smallest absolute Gasteiger partial charge is 0.220 e. The van der Waals surface area contributed by atoms with E-state index in [1.807, 2.05) is 31.2 Å². The fraction of sp³-hybridized carbons (Fsp3) is 0.278. The molecule has 2 aromatic rings. The molecule has 0 saturated heterocycles. The number of anilines is 1. The Bertz CT molecular complexity index is 694. The molecule has 0 radical (unpaired) electrons. The van der Waals surface area contributed by atoms with Crippen molar-refractivity contribution in [1.29, 1.82) is 0 Å². The Labute approximate surface area is 147 Å². The van der Waals surface area contributed by atoms with Crippen LogP contribution in [0.3, 0.4) is 0 Å². The van der Waals surface area contributed by atoms with Gasteiger partial charge in [-0.15, -0.1) is 12.4 Å². The molecule has 0 aliphatic rings. The number of nitrogen functional groups attached to an aromatic ring is 1. The van der Waals surface area contributed by atoms with Gasteiger partial charge in [0.15, 0.2) is 11.6 Å². The van der Waals surface area contributed by atoms with Crippen molar-refractivity contribution in [3.63, 3.8) is 0 Å². The van der Waals surface area contributed by atoms with E-state index in [0.29, 0.717) is 24.1 Å². The maximum Gasteiger partial charge on any atom is 0.220 e. The molecule has 1 amide bonds. The molecule has 4 nitrogen and oxygen atoms in total. The van der Waals surface area contributed by atoms with Crippen molar-refractivity contribution in [2.75, 3.05) is 12.8 Å². The zero-order valence-corrected chi connectivity index (χ0v) is 14.5. The van der Waals surface area contributed by atoms with Crippen molar-refractivity contribution >= 4 is 24.0 Å². The van der Waals surface area contributed by atoms with Gasteiger partial charge in [0.1, 0.15) is 0 Å². The molecule has 3 N–H and O–H groups in total. The summed E-state index contributed by atoms with van der Waals surface area (Å²) in [5.41, 5.74) is 8.18. The second-order valence-corrected chi connectivity index (χ2v) is 5.38. The summed E-state index contributed by atoms with van der Waals surface area (Å²) in [6.07, 6.45) is 0.902. The van der Waals surface area contributed by atoms with Crippen LogP contribution in [0, 0.1) is 5.82 Å². The number of halogens is 2. The van der Waals surface area contributed by atoms with Crippen molar-refractivity contribution in [3.05, 3.63) is 59.4 Å². The Kier molecular flexibility index (Phi) is 7.52.